The van der Waals surface area contributed by atoms with Crippen LogP contribution in [-0.4, -0.2) is 46.0 Å². The Kier molecular flexibility index (Phi) is 3.76. The molecule has 2 amide bonds. The van der Waals surface area contributed by atoms with Gasteiger partial charge in [0, 0.05) is 25.6 Å². The molecule has 1 aliphatic carbocycles. The van der Waals surface area contributed by atoms with E-state index in [1.54, 1.807) is 0 Å². The topological polar surface area (TPSA) is 84.7 Å². The predicted molar refractivity (Wildman–Crippen MR) is 91.4 cm³/mol. The molecule has 0 aromatic carbocycles. The number of aryl methyl sites for hydroxylation is 2. The van der Waals surface area contributed by atoms with E-state index in [0.717, 1.165) is 17.6 Å². The molecule has 7 heteroatoms. The van der Waals surface area contributed by atoms with Crippen molar-refractivity contribution in [3.8, 4) is 0 Å². The Labute approximate surface area is 145 Å². The van der Waals surface area contributed by atoms with Crippen molar-refractivity contribution in [2.45, 2.75) is 45.4 Å². The largest absolute Gasteiger partial charge is 0.376 e. The fourth-order valence-corrected chi connectivity index (χ4v) is 4.07. The van der Waals surface area contributed by atoms with Gasteiger partial charge in [-0.05, 0) is 31.9 Å². The maximum absolute atomic E-state index is 12.9. The molecule has 7 nitrogen and oxygen atoms in total. The van der Waals surface area contributed by atoms with E-state index in [-0.39, 0.29) is 35.9 Å². The third-order valence-corrected chi connectivity index (χ3v) is 5.21. The van der Waals surface area contributed by atoms with Crippen molar-refractivity contribution in [3.05, 3.63) is 35.3 Å². The van der Waals surface area contributed by atoms with Crippen LogP contribution in [0.25, 0.3) is 5.65 Å². The lowest BCUT2D eigenvalue weighted by Crippen LogP contribution is -2.70. The summed E-state index contributed by atoms with van der Waals surface area (Å²) in [7, 11) is 0. The Morgan fingerprint density at radius 1 is 1.24 bits per heavy atom. The number of hydrogen-bond donors (Lipinski definition) is 2. The molecule has 4 atom stereocenters. The Balaban J connectivity index is 1.60. The minimum atomic E-state index is -0.171. The van der Waals surface area contributed by atoms with Crippen molar-refractivity contribution >= 4 is 17.5 Å². The van der Waals surface area contributed by atoms with Crippen LogP contribution in [-0.2, 0) is 9.53 Å². The van der Waals surface area contributed by atoms with Crippen LogP contribution in [0, 0.1) is 19.8 Å². The molecule has 0 unspecified atom stereocenters. The number of carbonyl (C=O) groups is 2. The maximum Gasteiger partial charge on any atom is 0.270 e. The number of nitrogens with zero attached hydrogens (tertiary/aromatic N) is 2. The van der Waals surface area contributed by atoms with Crippen LogP contribution in [0.15, 0.2) is 18.3 Å². The van der Waals surface area contributed by atoms with Gasteiger partial charge in [-0.2, -0.15) is 0 Å². The van der Waals surface area contributed by atoms with E-state index in [9.17, 15) is 9.59 Å². The number of carbonyl (C=O) groups excluding carboxylic acids is 2. The molecule has 132 valence electrons. The van der Waals surface area contributed by atoms with Gasteiger partial charge < -0.3 is 15.4 Å². The van der Waals surface area contributed by atoms with Crippen molar-refractivity contribution in [2.75, 3.05) is 6.61 Å². The van der Waals surface area contributed by atoms with Crippen molar-refractivity contribution in [1.82, 2.24) is 20.0 Å². The molecule has 1 saturated carbocycles. The minimum absolute atomic E-state index is 0.000254. The van der Waals surface area contributed by atoms with Crippen molar-refractivity contribution < 1.29 is 14.3 Å². The molecule has 1 saturated heterocycles. The molecule has 2 aliphatic rings. The molecule has 0 radical (unpaired) electrons. The smallest absolute Gasteiger partial charge is 0.270 e. The number of fused-ring (bicyclic) bond motifs is 2. The summed E-state index contributed by atoms with van der Waals surface area (Å²) in [6.07, 6.45) is 2.81. The molecule has 2 fully saturated rings. The molecular weight excluding hydrogens is 320 g/mol. The number of aromatic nitrogens is 2. The van der Waals surface area contributed by atoms with Crippen molar-refractivity contribution in [3.63, 3.8) is 0 Å². The van der Waals surface area contributed by atoms with Gasteiger partial charge in [0.15, 0.2) is 0 Å². The molecule has 1 aliphatic heterocycles. The van der Waals surface area contributed by atoms with E-state index in [1.165, 1.54) is 6.92 Å². The second-order valence-corrected chi connectivity index (χ2v) is 6.99. The number of hydrogen-bond acceptors (Lipinski definition) is 4. The zero-order valence-electron chi connectivity index (χ0n) is 14.6. The van der Waals surface area contributed by atoms with Gasteiger partial charge in [0.25, 0.3) is 5.91 Å². The van der Waals surface area contributed by atoms with E-state index in [4.69, 9.17) is 4.74 Å². The monoisotopic (exact) mass is 342 g/mol. The highest BCUT2D eigenvalue weighted by atomic mass is 16.5. The first kappa shape index (κ1) is 16.1. The molecule has 0 spiro atoms. The van der Waals surface area contributed by atoms with E-state index < -0.39 is 0 Å². The lowest BCUT2D eigenvalue weighted by Gasteiger charge is -2.47. The SMILES string of the molecule is CC(=O)N[C@@H]1[C@@H](NC(=O)c2c(C)nc3ccc(C)cn23)[C@H]2CCO[C@H]21. The third-order valence-electron chi connectivity index (χ3n) is 5.21. The van der Waals surface area contributed by atoms with E-state index in [0.29, 0.717) is 18.0 Å². The summed E-state index contributed by atoms with van der Waals surface area (Å²) < 4.78 is 7.52. The first-order valence-corrected chi connectivity index (χ1v) is 8.60. The van der Waals surface area contributed by atoms with Crippen LogP contribution in [0.4, 0.5) is 0 Å². The number of rotatable bonds is 3. The second kappa shape index (κ2) is 5.84. The minimum Gasteiger partial charge on any atom is -0.376 e. The second-order valence-electron chi connectivity index (χ2n) is 6.99. The third kappa shape index (κ3) is 2.59. The van der Waals surface area contributed by atoms with Crippen LogP contribution in [0.2, 0.25) is 0 Å². The summed E-state index contributed by atoms with van der Waals surface area (Å²) in [6, 6.07) is 3.60. The van der Waals surface area contributed by atoms with Crippen LogP contribution < -0.4 is 10.6 Å². The average Bonchev–Trinajstić information content (AvgIpc) is 3.11. The first-order chi connectivity index (χ1) is 12.0. The Morgan fingerprint density at radius 3 is 2.80 bits per heavy atom. The van der Waals surface area contributed by atoms with Gasteiger partial charge in [0.1, 0.15) is 11.3 Å². The van der Waals surface area contributed by atoms with E-state index in [2.05, 4.69) is 15.6 Å². The van der Waals surface area contributed by atoms with Crippen molar-refractivity contribution in [1.29, 1.82) is 0 Å². The fourth-order valence-electron chi connectivity index (χ4n) is 4.07. The Hall–Kier alpha value is -2.41. The highest BCUT2D eigenvalue weighted by molar-refractivity contribution is 5.95. The highest BCUT2D eigenvalue weighted by Crippen LogP contribution is 2.39. The molecular formula is C18H22N4O3. The van der Waals surface area contributed by atoms with Gasteiger partial charge in [-0.25, -0.2) is 4.98 Å². The average molecular weight is 342 g/mol. The Morgan fingerprint density at radius 2 is 2.04 bits per heavy atom. The predicted octanol–water partition coefficient (Wildman–Crippen LogP) is 0.973. The summed E-state index contributed by atoms with van der Waals surface area (Å²) >= 11 is 0. The summed E-state index contributed by atoms with van der Waals surface area (Å²) in [6.45, 7) is 5.98. The molecule has 2 N–H and O–H groups in total. The summed E-state index contributed by atoms with van der Waals surface area (Å²) in [5.74, 6) is -0.0249. The van der Waals surface area contributed by atoms with Crippen LogP contribution in [0.3, 0.4) is 0 Å². The molecule has 2 aromatic rings. The summed E-state index contributed by atoms with van der Waals surface area (Å²) in [5, 5.41) is 6.01. The van der Waals surface area contributed by atoms with Gasteiger partial charge in [-0.15, -0.1) is 0 Å². The number of amides is 2. The van der Waals surface area contributed by atoms with Gasteiger partial charge in [0.05, 0.1) is 23.9 Å². The van der Waals surface area contributed by atoms with E-state index in [1.807, 2.05) is 36.6 Å². The van der Waals surface area contributed by atoms with E-state index >= 15 is 0 Å². The van der Waals surface area contributed by atoms with Crippen LogP contribution in [0.1, 0.15) is 35.1 Å². The first-order valence-electron chi connectivity index (χ1n) is 8.60. The molecule has 0 bridgehead atoms. The Bertz CT molecular complexity index is 859. The van der Waals surface area contributed by atoms with Crippen molar-refractivity contribution in [2.24, 2.45) is 5.92 Å². The maximum atomic E-state index is 12.9. The highest BCUT2D eigenvalue weighted by Gasteiger charge is 2.55. The summed E-state index contributed by atoms with van der Waals surface area (Å²) in [5.41, 5.74) is 3.05. The molecule has 3 heterocycles. The van der Waals surface area contributed by atoms with Crippen LogP contribution in [0.5, 0.6) is 0 Å². The normalized spacial score (nSPS) is 27.6. The molecule has 25 heavy (non-hydrogen) atoms. The zero-order chi connectivity index (χ0) is 17.7. The lowest BCUT2D eigenvalue weighted by molar-refractivity contribution is -0.123. The number of ether oxygens (including phenoxy) is 1. The standard InChI is InChI=1S/C18H22N4O3/c1-9-4-5-13-19-10(2)16(22(13)8-9)18(24)21-14-12-6-7-25-17(12)15(14)20-11(3)23/h4-5,8,12,14-15,17H,6-7H2,1-3H3,(H,20,23)(H,21,24)/t12-,14+,15-,17-/m1/s1. The fraction of sp³-hybridized carbons (Fsp3) is 0.500. The van der Waals surface area contributed by atoms with Gasteiger partial charge in [0.2, 0.25) is 5.91 Å². The number of nitrogens with one attached hydrogen (secondary N) is 2. The number of pyridine rings is 1. The number of imidazole rings is 1. The van der Waals surface area contributed by atoms with Gasteiger partial charge in [-0.3, -0.25) is 14.0 Å². The van der Waals surface area contributed by atoms with Gasteiger partial charge >= 0.3 is 0 Å². The summed E-state index contributed by atoms with van der Waals surface area (Å²) in [4.78, 5) is 28.9. The van der Waals surface area contributed by atoms with Gasteiger partial charge in [-0.1, -0.05) is 6.07 Å². The molecule has 2 aromatic heterocycles. The lowest BCUT2D eigenvalue weighted by atomic mass is 9.71. The zero-order valence-corrected chi connectivity index (χ0v) is 14.6. The molecule has 4 rings (SSSR count). The van der Waals surface area contributed by atoms with Crippen LogP contribution >= 0.6 is 0 Å². The quantitative estimate of drug-likeness (QED) is 0.871.